The second-order valence-electron chi connectivity index (χ2n) is 21.1. The van der Waals surface area contributed by atoms with Gasteiger partial charge in [0.25, 0.3) is 0 Å². The van der Waals surface area contributed by atoms with E-state index < -0.39 is 103 Å². The third-order valence-electron chi connectivity index (χ3n) is 14.4. The number of amides is 9. The lowest BCUT2D eigenvalue weighted by molar-refractivity contribution is -0.134. The molecular weight excluding hydrogens is 1140 g/mol. The van der Waals surface area contributed by atoms with Gasteiger partial charge in [0.1, 0.15) is 12.6 Å². The number of carbonyl (C=O) groups excluding carboxylic acids is 10. The molecule has 0 aliphatic carbocycles. The van der Waals surface area contributed by atoms with Gasteiger partial charge in [0.2, 0.25) is 41.4 Å². The van der Waals surface area contributed by atoms with E-state index in [4.69, 9.17) is 31.4 Å². The first-order chi connectivity index (χ1) is 41.5. The Hall–Kier alpha value is -8.04. The molecular formula is C53H81N19O13S. The van der Waals surface area contributed by atoms with E-state index in [0.717, 1.165) is 25.0 Å². The zero-order valence-corrected chi connectivity index (χ0v) is 48.8. The van der Waals surface area contributed by atoms with Gasteiger partial charge < -0.3 is 83.9 Å². The van der Waals surface area contributed by atoms with E-state index >= 15 is 0 Å². The fraction of sp³-hybridized carbons (Fsp3) is 0.642. The minimum Gasteiger partial charge on any atom is -0.377 e. The zero-order valence-electron chi connectivity index (χ0n) is 48.0. The van der Waals surface area contributed by atoms with Crippen LogP contribution in [-0.2, 0) is 83.2 Å². The van der Waals surface area contributed by atoms with E-state index in [1.165, 1.54) is 29.7 Å². The summed E-state index contributed by atoms with van der Waals surface area (Å²) < 4.78 is 18.2. The number of aromatic amines is 2. The summed E-state index contributed by atoms with van der Waals surface area (Å²) in [6, 6.07) is -3.45. The second kappa shape index (κ2) is 36.1. The van der Waals surface area contributed by atoms with Gasteiger partial charge in [-0.25, -0.2) is 14.8 Å². The van der Waals surface area contributed by atoms with Gasteiger partial charge in [-0.2, -0.15) is 11.8 Å². The number of aryl methyl sites for hydroxylation is 1. The third-order valence-corrected chi connectivity index (χ3v) is 15.9. The summed E-state index contributed by atoms with van der Waals surface area (Å²) in [6.07, 6.45) is 10.7. The number of H-pyrrole nitrogens is 2. The molecule has 3 aromatic heterocycles. The molecule has 8 atom stereocenters. The number of urea groups is 1. The summed E-state index contributed by atoms with van der Waals surface area (Å²) in [5, 5.41) is 30.5. The lowest BCUT2D eigenvalue weighted by Crippen LogP contribution is -2.52. The monoisotopic (exact) mass is 1220 g/mol. The predicted octanol–water partition coefficient (Wildman–Crippen LogP) is -3.80. The lowest BCUT2D eigenvalue weighted by atomic mass is 9.91. The molecule has 3 aliphatic heterocycles. The number of aliphatic imine (C=N–C) groups is 1. The molecule has 86 heavy (non-hydrogen) atoms. The van der Waals surface area contributed by atoms with E-state index in [1.807, 2.05) is 11.8 Å². The highest BCUT2D eigenvalue weighted by atomic mass is 32.2. The summed E-state index contributed by atoms with van der Waals surface area (Å²) in [5.41, 5.74) is 18.0. The van der Waals surface area contributed by atoms with Crippen LogP contribution in [0.2, 0.25) is 0 Å². The molecule has 472 valence electrons. The van der Waals surface area contributed by atoms with Gasteiger partial charge >= 0.3 is 6.03 Å². The number of hydrogen-bond acceptors (Lipinski definition) is 19. The van der Waals surface area contributed by atoms with Crippen molar-refractivity contribution >= 4 is 76.7 Å². The fourth-order valence-corrected chi connectivity index (χ4v) is 11.4. The number of rotatable bonds is 26. The number of fused-ring (bicyclic) bond motifs is 3. The Balaban J connectivity index is 1.03. The van der Waals surface area contributed by atoms with Crippen LogP contribution in [0.5, 0.6) is 0 Å². The summed E-state index contributed by atoms with van der Waals surface area (Å²) in [7, 11) is 0. The number of imidazole rings is 2. The number of nitrogens with zero attached hydrogens (tertiary/aromatic N) is 6. The molecule has 2 bridgehead atoms. The molecule has 32 nitrogen and oxygen atoms in total. The summed E-state index contributed by atoms with van der Waals surface area (Å²) in [5.74, 6) is -6.85. The SMILES string of the molecule is NC(=O)[C@@H]1CCCCn2cc(nn2)C[C@H](NC(=O)COCCOCCOCCNC(=O)CCCC[C@H]2SC[C@H]3NC(=O)N[C@H]32)C(=O)C[C@@H](Cc2cnc[nH]2)C(=O)NCC(=O)N[C@@H](CCCN=C(N)N)C(=O)NCC(=O)N[C@@H](Cc2cnc[nH]2)C(=O)C1. The van der Waals surface area contributed by atoms with Crippen LogP contribution in [0.1, 0.15) is 87.7 Å². The number of aromatic nitrogens is 7. The van der Waals surface area contributed by atoms with Crippen molar-refractivity contribution in [2.75, 3.05) is 71.6 Å². The number of ketones is 2. The topological polar surface area (TPSA) is 473 Å². The molecule has 2 saturated heterocycles. The predicted molar refractivity (Wildman–Crippen MR) is 309 cm³/mol. The van der Waals surface area contributed by atoms with Crippen LogP contribution in [0, 0.1) is 11.8 Å². The number of primary amides is 1. The minimum absolute atomic E-state index is 0.0114. The standard InChI is InChI=1S/C53H81N19O13S/c54-49(79)32-6-3-4-12-72-27-36(70-71-72)22-39(67-47(78)28-85-17-16-84-15-14-83-13-11-59-44(75)9-2-1-8-43-48-40(29-86-43)68-53(82)69-48)42(74)20-33(18-34-23-57-30-63-34)50(80)61-25-45(76)65-37(7-5-10-60-52(55)56)51(81)62-26-46(77)66-38(41(73)19-32)21-35-24-58-31-64-35/h23-24,27,30-33,37-40,43,48H,1-22,25-26,28-29H2,(H2,54,79)(H,57,63)(H,58,64)(H,59,75)(H,61,80)(H,62,81)(H,65,76)(H,66,77)(H,67,78)(H4,55,56,60)(H2,68,69,82)/t32-,33-,37+,38+,39+,40-,43-,48-/m1/s1. The van der Waals surface area contributed by atoms with Crippen molar-refractivity contribution in [1.82, 2.24) is 77.5 Å². The highest BCUT2D eigenvalue weighted by Gasteiger charge is 2.42. The average molecular weight is 1220 g/mol. The van der Waals surface area contributed by atoms with Crippen molar-refractivity contribution in [3.05, 3.63) is 48.3 Å². The van der Waals surface area contributed by atoms with Gasteiger partial charge in [-0.3, -0.25) is 52.8 Å². The highest BCUT2D eigenvalue weighted by molar-refractivity contribution is 8.00. The summed E-state index contributed by atoms with van der Waals surface area (Å²) in [4.78, 5) is 150. The van der Waals surface area contributed by atoms with Gasteiger partial charge in [0.15, 0.2) is 17.5 Å². The van der Waals surface area contributed by atoms with Crippen molar-refractivity contribution in [2.45, 2.75) is 132 Å². The first-order valence-corrected chi connectivity index (χ1v) is 29.9. The number of Topliss-reactive ketones (excluding diaryl/α,β-unsaturated/α-hetero) is 2. The highest BCUT2D eigenvalue weighted by Crippen LogP contribution is 2.33. The number of thioether (sulfide) groups is 1. The van der Waals surface area contributed by atoms with Gasteiger partial charge in [0.05, 0.1) is 94.6 Å². The maximum atomic E-state index is 14.4. The number of carbonyl (C=O) groups is 10. The maximum Gasteiger partial charge on any atom is 0.315 e. The lowest BCUT2D eigenvalue weighted by Gasteiger charge is -2.22. The first-order valence-electron chi connectivity index (χ1n) is 28.8. The number of nitrogens with one attached hydrogen (secondary N) is 10. The largest absolute Gasteiger partial charge is 0.377 e. The molecule has 16 N–H and O–H groups in total. The van der Waals surface area contributed by atoms with Crippen LogP contribution >= 0.6 is 11.8 Å². The molecule has 0 spiro atoms. The molecule has 0 saturated carbocycles. The van der Waals surface area contributed by atoms with E-state index in [2.05, 4.69) is 77.8 Å². The van der Waals surface area contributed by atoms with Crippen molar-refractivity contribution in [3.8, 4) is 0 Å². The Morgan fingerprint density at radius 3 is 2.14 bits per heavy atom. The molecule has 0 unspecified atom stereocenters. The van der Waals surface area contributed by atoms with Crippen LogP contribution in [0.3, 0.4) is 0 Å². The van der Waals surface area contributed by atoms with Crippen molar-refractivity contribution in [1.29, 1.82) is 0 Å². The van der Waals surface area contributed by atoms with Crippen molar-refractivity contribution in [2.24, 2.45) is 34.0 Å². The Labute approximate surface area is 500 Å². The smallest absolute Gasteiger partial charge is 0.315 e. The van der Waals surface area contributed by atoms with E-state index in [1.54, 1.807) is 6.20 Å². The van der Waals surface area contributed by atoms with Crippen LogP contribution in [-0.4, -0.2) is 207 Å². The number of ether oxygens (including phenoxy) is 3. The van der Waals surface area contributed by atoms with Gasteiger partial charge in [-0.1, -0.05) is 18.1 Å². The van der Waals surface area contributed by atoms with Crippen LogP contribution in [0.4, 0.5) is 4.79 Å². The zero-order chi connectivity index (χ0) is 61.6. The minimum atomic E-state index is -1.26. The molecule has 6 heterocycles. The first kappa shape index (κ1) is 67.1. The molecule has 0 radical (unpaired) electrons. The van der Waals surface area contributed by atoms with Gasteiger partial charge in [0, 0.05) is 105 Å². The van der Waals surface area contributed by atoms with Crippen molar-refractivity contribution in [3.63, 3.8) is 0 Å². The number of hydrogen-bond donors (Lipinski definition) is 13. The average Bonchev–Trinajstić information content (AvgIpc) is 2.66. The molecule has 0 aromatic carbocycles. The molecule has 2 fully saturated rings. The molecule has 3 aromatic rings. The number of guanidine groups is 1. The molecule has 33 heteroatoms. The van der Waals surface area contributed by atoms with Crippen LogP contribution in [0.15, 0.2) is 36.2 Å². The van der Waals surface area contributed by atoms with Crippen LogP contribution < -0.4 is 59.7 Å². The van der Waals surface area contributed by atoms with E-state index in [-0.39, 0.29) is 115 Å². The molecule has 9 amide bonds. The number of nitrogens with two attached hydrogens (primary N) is 3. The van der Waals surface area contributed by atoms with Gasteiger partial charge in [-0.05, 0) is 38.5 Å². The van der Waals surface area contributed by atoms with E-state index in [9.17, 15) is 47.9 Å². The fourth-order valence-electron chi connectivity index (χ4n) is 9.89. The quantitative estimate of drug-likeness (QED) is 0.0159. The van der Waals surface area contributed by atoms with Gasteiger partial charge in [-0.15, -0.1) is 5.10 Å². The third kappa shape index (κ3) is 24.1. The van der Waals surface area contributed by atoms with E-state index in [0.29, 0.717) is 54.7 Å². The molecule has 6 rings (SSSR count). The Morgan fingerprint density at radius 1 is 0.733 bits per heavy atom. The normalized spacial score (nSPS) is 23.1. The maximum absolute atomic E-state index is 14.4. The second-order valence-corrected chi connectivity index (χ2v) is 22.4. The molecule has 3 aliphatic rings. The Kier molecular flexibility index (Phi) is 28.1. The Bertz CT molecular complexity index is 2730. The Morgan fingerprint density at radius 2 is 1.43 bits per heavy atom. The summed E-state index contributed by atoms with van der Waals surface area (Å²) >= 11 is 1.85. The van der Waals surface area contributed by atoms with Crippen LogP contribution in [0.25, 0.3) is 0 Å². The summed E-state index contributed by atoms with van der Waals surface area (Å²) in [6.45, 7) is -0.0807. The van der Waals surface area contributed by atoms with Crippen molar-refractivity contribution < 1.29 is 62.2 Å². The number of unbranched alkanes of at least 4 members (excludes halogenated alkanes) is 1.